The van der Waals surface area contributed by atoms with Gasteiger partial charge in [-0.3, -0.25) is 4.79 Å². The third-order valence-electron chi connectivity index (χ3n) is 4.20. The van der Waals surface area contributed by atoms with Crippen molar-refractivity contribution >= 4 is 5.91 Å². The van der Waals surface area contributed by atoms with Crippen LogP contribution in [-0.4, -0.2) is 24.7 Å². The molecule has 128 valence electrons. The van der Waals surface area contributed by atoms with E-state index < -0.39 is 11.6 Å². The third-order valence-corrected chi connectivity index (χ3v) is 4.20. The minimum absolute atomic E-state index is 0.0307. The number of amides is 1. The van der Waals surface area contributed by atoms with Gasteiger partial charge in [0, 0.05) is 25.1 Å². The molecule has 0 spiro atoms. The average molecular weight is 326 g/mol. The molecule has 4 nitrogen and oxygen atoms in total. The topological polar surface area (TPSA) is 64.3 Å². The highest BCUT2D eigenvalue weighted by Crippen LogP contribution is 2.26. The zero-order valence-corrected chi connectivity index (χ0v) is 13.4. The lowest BCUT2D eigenvalue weighted by molar-refractivity contribution is -0.128. The minimum atomic E-state index is -0.909. The summed E-state index contributed by atoms with van der Waals surface area (Å²) in [6.07, 6.45) is 2.89. The van der Waals surface area contributed by atoms with Crippen LogP contribution in [0.4, 0.5) is 8.78 Å². The van der Waals surface area contributed by atoms with Crippen LogP contribution in [0.3, 0.4) is 0 Å². The Morgan fingerprint density at radius 2 is 2.13 bits per heavy atom. The first-order chi connectivity index (χ1) is 11.0. The number of hydrogen-bond donors (Lipinski definition) is 2. The normalized spacial score (nSPS) is 24.4. The summed E-state index contributed by atoms with van der Waals surface area (Å²) in [5.41, 5.74) is 6.58. The molecule has 3 atom stereocenters. The molecule has 1 saturated carbocycles. The van der Waals surface area contributed by atoms with Gasteiger partial charge < -0.3 is 15.8 Å². The van der Waals surface area contributed by atoms with E-state index in [1.807, 2.05) is 6.92 Å². The molecule has 1 amide bonds. The minimum Gasteiger partial charge on any atom is -0.377 e. The Hall–Kier alpha value is -1.53. The van der Waals surface area contributed by atoms with Crippen molar-refractivity contribution in [3.63, 3.8) is 0 Å². The van der Waals surface area contributed by atoms with Gasteiger partial charge in [0.15, 0.2) is 11.6 Å². The van der Waals surface area contributed by atoms with E-state index in [9.17, 15) is 13.6 Å². The summed E-state index contributed by atoms with van der Waals surface area (Å²) in [5, 5.41) is 2.78. The van der Waals surface area contributed by atoms with Crippen LogP contribution in [0.1, 0.15) is 38.2 Å². The molecule has 2 rings (SSSR count). The van der Waals surface area contributed by atoms with Gasteiger partial charge in [-0.25, -0.2) is 8.78 Å². The fourth-order valence-corrected chi connectivity index (χ4v) is 2.83. The first-order valence-electron chi connectivity index (χ1n) is 8.10. The largest absolute Gasteiger partial charge is 0.377 e. The van der Waals surface area contributed by atoms with E-state index in [1.165, 1.54) is 6.07 Å². The molecule has 0 radical (unpaired) electrons. The number of hydrogen-bond acceptors (Lipinski definition) is 3. The summed E-state index contributed by atoms with van der Waals surface area (Å²) in [7, 11) is 0. The van der Waals surface area contributed by atoms with Crippen molar-refractivity contribution in [2.75, 3.05) is 6.61 Å². The molecule has 0 saturated heterocycles. The second kappa shape index (κ2) is 8.36. The Bertz CT molecular complexity index is 539. The maximum absolute atomic E-state index is 13.2. The van der Waals surface area contributed by atoms with Gasteiger partial charge in [0.1, 0.15) is 0 Å². The predicted molar refractivity (Wildman–Crippen MR) is 83.6 cm³/mol. The van der Waals surface area contributed by atoms with Crippen molar-refractivity contribution in [3.05, 3.63) is 35.4 Å². The van der Waals surface area contributed by atoms with E-state index >= 15 is 0 Å². The standard InChI is InChI=1S/C17H24F2N2O2/c1-2-7-23-16-9-12(4-6-15(16)20)17(22)21-10-11-3-5-13(18)14(19)8-11/h3,5,8,12,15-16H,2,4,6-7,9-10,20H2,1H3,(H,21,22)/t12-,15+,16+/m0/s1. The Labute approximate surface area is 135 Å². The van der Waals surface area contributed by atoms with Crippen molar-refractivity contribution in [1.82, 2.24) is 5.32 Å². The molecule has 3 N–H and O–H groups in total. The van der Waals surface area contributed by atoms with Crippen LogP contribution in [0.5, 0.6) is 0 Å². The molecular formula is C17H24F2N2O2. The van der Waals surface area contributed by atoms with Crippen LogP contribution in [0.25, 0.3) is 0 Å². The van der Waals surface area contributed by atoms with Crippen molar-refractivity contribution in [1.29, 1.82) is 0 Å². The van der Waals surface area contributed by atoms with E-state index in [0.29, 0.717) is 18.6 Å². The molecule has 0 aromatic heterocycles. The smallest absolute Gasteiger partial charge is 0.223 e. The fraction of sp³-hybridized carbons (Fsp3) is 0.588. The average Bonchev–Trinajstić information content (AvgIpc) is 2.55. The number of carbonyl (C=O) groups excluding carboxylic acids is 1. The van der Waals surface area contributed by atoms with E-state index in [-0.39, 0.29) is 30.5 Å². The quantitative estimate of drug-likeness (QED) is 0.844. The first kappa shape index (κ1) is 17.8. The molecule has 0 bridgehead atoms. The van der Waals surface area contributed by atoms with Gasteiger partial charge in [0.2, 0.25) is 5.91 Å². The second-order valence-corrected chi connectivity index (χ2v) is 6.05. The number of nitrogens with one attached hydrogen (secondary N) is 1. The van der Waals surface area contributed by atoms with Crippen molar-refractivity contribution in [2.45, 2.75) is 51.3 Å². The van der Waals surface area contributed by atoms with Crippen LogP contribution in [0, 0.1) is 17.6 Å². The van der Waals surface area contributed by atoms with Crippen LogP contribution < -0.4 is 11.1 Å². The maximum Gasteiger partial charge on any atom is 0.223 e. The van der Waals surface area contributed by atoms with Gasteiger partial charge >= 0.3 is 0 Å². The SMILES string of the molecule is CCCO[C@@H]1C[C@@H](C(=O)NCc2ccc(F)c(F)c2)CC[C@H]1N. The lowest BCUT2D eigenvalue weighted by Crippen LogP contribution is -2.45. The van der Waals surface area contributed by atoms with Gasteiger partial charge in [-0.1, -0.05) is 13.0 Å². The molecule has 1 aromatic rings. The number of rotatable bonds is 6. The monoisotopic (exact) mass is 326 g/mol. The summed E-state index contributed by atoms with van der Waals surface area (Å²) < 4.78 is 31.8. The summed E-state index contributed by atoms with van der Waals surface area (Å²) in [5.74, 6) is -2.04. The summed E-state index contributed by atoms with van der Waals surface area (Å²) >= 11 is 0. The third kappa shape index (κ3) is 4.97. The zero-order chi connectivity index (χ0) is 16.8. The van der Waals surface area contributed by atoms with Crippen LogP contribution in [-0.2, 0) is 16.1 Å². The molecule has 1 aliphatic carbocycles. The molecule has 1 aromatic carbocycles. The van der Waals surface area contributed by atoms with Gasteiger partial charge in [-0.15, -0.1) is 0 Å². The van der Waals surface area contributed by atoms with Crippen molar-refractivity contribution in [3.8, 4) is 0 Å². The van der Waals surface area contributed by atoms with Crippen molar-refractivity contribution < 1.29 is 18.3 Å². The molecule has 6 heteroatoms. The summed E-state index contributed by atoms with van der Waals surface area (Å²) in [6, 6.07) is 3.59. The number of halogens is 2. The van der Waals surface area contributed by atoms with Gasteiger partial charge in [0.05, 0.1) is 6.10 Å². The van der Waals surface area contributed by atoms with Crippen LogP contribution >= 0.6 is 0 Å². The molecular weight excluding hydrogens is 302 g/mol. The van der Waals surface area contributed by atoms with Gasteiger partial charge in [0.25, 0.3) is 0 Å². The molecule has 0 unspecified atom stereocenters. The number of ether oxygens (including phenoxy) is 1. The predicted octanol–water partition coefficient (Wildman–Crippen LogP) is 2.50. The van der Waals surface area contributed by atoms with Crippen molar-refractivity contribution in [2.24, 2.45) is 11.7 Å². The highest BCUT2D eigenvalue weighted by atomic mass is 19.2. The lowest BCUT2D eigenvalue weighted by Gasteiger charge is -2.33. The summed E-state index contributed by atoms with van der Waals surface area (Å²) in [4.78, 5) is 12.3. The van der Waals surface area contributed by atoms with Crippen LogP contribution in [0.2, 0.25) is 0 Å². The Balaban J connectivity index is 1.86. The highest BCUT2D eigenvalue weighted by Gasteiger charge is 2.32. The Morgan fingerprint density at radius 1 is 1.35 bits per heavy atom. The summed E-state index contributed by atoms with van der Waals surface area (Å²) in [6.45, 7) is 2.85. The molecule has 23 heavy (non-hydrogen) atoms. The zero-order valence-electron chi connectivity index (χ0n) is 13.4. The van der Waals surface area contributed by atoms with Crippen LogP contribution in [0.15, 0.2) is 18.2 Å². The number of nitrogens with two attached hydrogens (primary N) is 1. The second-order valence-electron chi connectivity index (χ2n) is 6.05. The first-order valence-corrected chi connectivity index (χ1v) is 8.10. The van der Waals surface area contributed by atoms with E-state index in [4.69, 9.17) is 10.5 Å². The fourth-order valence-electron chi connectivity index (χ4n) is 2.83. The van der Waals surface area contributed by atoms with Gasteiger partial charge in [-0.05, 0) is 43.4 Å². The highest BCUT2D eigenvalue weighted by molar-refractivity contribution is 5.78. The lowest BCUT2D eigenvalue weighted by atomic mass is 9.83. The Morgan fingerprint density at radius 3 is 2.83 bits per heavy atom. The number of carbonyl (C=O) groups is 1. The number of benzene rings is 1. The molecule has 0 heterocycles. The van der Waals surface area contributed by atoms with Gasteiger partial charge in [-0.2, -0.15) is 0 Å². The van der Waals surface area contributed by atoms with E-state index in [0.717, 1.165) is 31.4 Å². The maximum atomic E-state index is 13.2. The van der Waals surface area contributed by atoms with E-state index in [1.54, 1.807) is 0 Å². The molecule has 0 aliphatic heterocycles. The molecule has 1 fully saturated rings. The Kier molecular flexibility index (Phi) is 6.47. The van der Waals surface area contributed by atoms with E-state index in [2.05, 4.69) is 5.32 Å². The molecule has 1 aliphatic rings.